The second-order valence-electron chi connectivity index (χ2n) is 4.76. The van der Waals surface area contributed by atoms with Crippen molar-refractivity contribution in [1.82, 2.24) is 10.3 Å². The number of oxazole rings is 1. The zero-order valence-corrected chi connectivity index (χ0v) is 12.2. The molecule has 1 atom stereocenters. The summed E-state index contributed by atoms with van der Waals surface area (Å²) in [5, 5.41) is 3.20. The van der Waals surface area contributed by atoms with E-state index in [0.717, 1.165) is 11.1 Å². The molecule has 2 aromatic carbocycles. The molecule has 0 fully saturated rings. The lowest BCUT2D eigenvalue weighted by Gasteiger charge is -2.16. The summed E-state index contributed by atoms with van der Waals surface area (Å²) in [7, 11) is 1.77. The van der Waals surface area contributed by atoms with Gasteiger partial charge in [0, 0.05) is 18.0 Å². The monoisotopic (exact) mass is 304 g/mol. The number of para-hydroxylation sites is 2. The molecule has 0 spiro atoms. The lowest BCUT2D eigenvalue weighted by atomic mass is 10.0. The highest BCUT2D eigenvalue weighted by Gasteiger charge is 2.19. The number of benzene rings is 2. The van der Waals surface area contributed by atoms with Gasteiger partial charge in [0.1, 0.15) is 11.3 Å². The molecule has 0 aliphatic carbocycles. The molecule has 3 nitrogen and oxygen atoms in total. The highest BCUT2D eigenvalue weighted by atomic mass is 35.5. The van der Waals surface area contributed by atoms with Crippen LogP contribution in [0.25, 0.3) is 11.1 Å². The Labute approximate surface area is 126 Å². The van der Waals surface area contributed by atoms with E-state index in [0.29, 0.717) is 17.9 Å². The molecule has 0 saturated carbocycles. The summed E-state index contributed by atoms with van der Waals surface area (Å²) < 4.78 is 19.8. The van der Waals surface area contributed by atoms with E-state index < -0.39 is 5.82 Å². The van der Waals surface area contributed by atoms with Gasteiger partial charge in [0.15, 0.2) is 11.5 Å². The minimum atomic E-state index is -0.408. The molecular weight excluding hydrogens is 291 g/mol. The third-order valence-corrected chi connectivity index (χ3v) is 3.71. The number of hydrogen-bond acceptors (Lipinski definition) is 3. The topological polar surface area (TPSA) is 38.1 Å². The van der Waals surface area contributed by atoms with Crippen molar-refractivity contribution in [3.8, 4) is 0 Å². The minimum absolute atomic E-state index is 0.116. The summed E-state index contributed by atoms with van der Waals surface area (Å²) in [4.78, 5) is 4.42. The van der Waals surface area contributed by atoms with Crippen molar-refractivity contribution in [3.05, 3.63) is 64.8 Å². The maximum atomic E-state index is 14.1. The van der Waals surface area contributed by atoms with Crippen molar-refractivity contribution in [1.29, 1.82) is 0 Å². The van der Waals surface area contributed by atoms with Crippen LogP contribution in [0.2, 0.25) is 5.02 Å². The van der Waals surface area contributed by atoms with Gasteiger partial charge in [-0.3, -0.25) is 0 Å². The van der Waals surface area contributed by atoms with Crippen LogP contribution < -0.4 is 5.32 Å². The fraction of sp³-hybridized carbons (Fsp3) is 0.188. The van der Waals surface area contributed by atoms with Crippen molar-refractivity contribution in [3.63, 3.8) is 0 Å². The predicted octanol–water partition coefficient (Wildman–Crippen LogP) is 4.12. The van der Waals surface area contributed by atoms with Crippen molar-refractivity contribution in [2.24, 2.45) is 0 Å². The fourth-order valence-electron chi connectivity index (χ4n) is 2.34. The number of fused-ring (bicyclic) bond motifs is 1. The first-order valence-corrected chi connectivity index (χ1v) is 7.02. The summed E-state index contributed by atoms with van der Waals surface area (Å²) >= 11 is 5.84. The molecular formula is C16H14ClFN2O. The van der Waals surface area contributed by atoms with Gasteiger partial charge in [0.05, 0.1) is 5.02 Å². The Kier molecular flexibility index (Phi) is 3.90. The standard InChI is InChI=1S/C16H14ClFN2O/c1-19-13(10-5-4-6-11(17)16(10)18)9-15-20-12-7-2-3-8-14(12)21-15/h2-8,13,19H,9H2,1H3. The van der Waals surface area contributed by atoms with E-state index in [-0.39, 0.29) is 11.1 Å². The zero-order valence-electron chi connectivity index (χ0n) is 11.4. The van der Waals surface area contributed by atoms with Gasteiger partial charge in [0.25, 0.3) is 0 Å². The van der Waals surface area contributed by atoms with Crippen LogP contribution in [0.1, 0.15) is 17.5 Å². The van der Waals surface area contributed by atoms with E-state index in [2.05, 4.69) is 10.3 Å². The zero-order chi connectivity index (χ0) is 14.8. The summed E-state index contributed by atoms with van der Waals surface area (Å²) in [6.07, 6.45) is 0.447. The third kappa shape index (κ3) is 2.77. The van der Waals surface area contributed by atoms with Crippen LogP contribution in [0.5, 0.6) is 0 Å². The Morgan fingerprint density at radius 1 is 1.24 bits per heavy atom. The number of aromatic nitrogens is 1. The average Bonchev–Trinajstić information content (AvgIpc) is 2.90. The van der Waals surface area contributed by atoms with Gasteiger partial charge < -0.3 is 9.73 Å². The van der Waals surface area contributed by atoms with Crippen LogP contribution in [-0.4, -0.2) is 12.0 Å². The SMILES string of the molecule is CNC(Cc1nc2ccccc2o1)c1cccc(Cl)c1F. The molecule has 3 rings (SSSR count). The molecule has 0 radical (unpaired) electrons. The van der Waals surface area contributed by atoms with Crippen molar-refractivity contribution in [2.45, 2.75) is 12.5 Å². The number of rotatable bonds is 4. The Hall–Kier alpha value is -1.91. The summed E-state index contributed by atoms with van der Waals surface area (Å²) in [6, 6.07) is 12.3. The lowest BCUT2D eigenvalue weighted by Crippen LogP contribution is -2.20. The number of hydrogen-bond donors (Lipinski definition) is 1. The number of likely N-dealkylation sites (N-methyl/N-ethyl adjacent to an activating group) is 1. The highest BCUT2D eigenvalue weighted by molar-refractivity contribution is 6.30. The van der Waals surface area contributed by atoms with E-state index in [1.165, 1.54) is 6.07 Å². The van der Waals surface area contributed by atoms with Gasteiger partial charge in [-0.1, -0.05) is 35.9 Å². The number of nitrogens with one attached hydrogen (secondary N) is 1. The molecule has 0 aliphatic rings. The summed E-state index contributed by atoms with van der Waals surface area (Å²) in [5.74, 6) is 0.157. The molecule has 0 bridgehead atoms. The molecule has 1 heterocycles. The molecule has 3 aromatic rings. The van der Waals surface area contributed by atoms with E-state index in [4.69, 9.17) is 16.0 Å². The van der Waals surface area contributed by atoms with Gasteiger partial charge in [0.2, 0.25) is 0 Å². The van der Waals surface area contributed by atoms with Crippen LogP contribution in [-0.2, 0) is 6.42 Å². The maximum Gasteiger partial charge on any atom is 0.197 e. The Morgan fingerprint density at radius 3 is 2.81 bits per heavy atom. The lowest BCUT2D eigenvalue weighted by molar-refractivity contribution is 0.461. The third-order valence-electron chi connectivity index (χ3n) is 3.42. The molecule has 1 aromatic heterocycles. The smallest absolute Gasteiger partial charge is 0.197 e. The molecule has 108 valence electrons. The maximum absolute atomic E-state index is 14.1. The fourth-order valence-corrected chi connectivity index (χ4v) is 2.52. The number of halogens is 2. The van der Waals surface area contributed by atoms with Gasteiger partial charge in [-0.15, -0.1) is 0 Å². The Bertz CT molecular complexity index is 739. The van der Waals surface area contributed by atoms with Crippen molar-refractivity contribution < 1.29 is 8.81 Å². The van der Waals surface area contributed by atoms with Crippen LogP contribution in [0.3, 0.4) is 0 Å². The molecule has 1 unspecified atom stereocenters. The molecule has 0 amide bonds. The quantitative estimate of drug-likeness (QED) is 0.788. The molecule has 21 heavy (non-hydrogen) atoms. The van der Waals surface area contributed by atoms with Crippen LogP contribution in [0.15, 0.2) is 46.9 Å². The average molecular weight is 305 g/mol. The molecule has 0 aliphatic heterocycles. The number of nitrogens with zero attached hydrogens (tertiary/aromatic N) is 1. The van der Waals surface area contributed by atoms with E-state index in [1.54, 1.807) is 19.2 Å². The first kappa shape index (κ1) is 14.0. The second kappa shape index (κ2) is 5.84. The van der Waals surface area contributed by atoms with E-state index >= 15 is 0 Å². The predicted molar refractivity (Wildman–Crippen MR) is 80.9 cm³/mol. The summed E-state index contributed by atoms with van der Waals surface area (Å²) in [5.41, 5.74) is 2.04. The van der Waals surface area contributed by atoms with Crippen LogP contribution >= 0.6 is 11.6 Å². The van der Waals surface area contributed by atoms with Crippen molar-refractivity contribution in [2.75, 3.05) is 7.05 Å². The summed E-state index contributed by atoms with van der Waals surface area (Å²) in [6.45, 7) is 0. The van der Waals surface area contributed by atoms with Crippen molar-refractivity contribution >= 4 is 22.7 Å². The first-order chi connectivity index (χ1) is 10.2. The van der Waals surface area contributed by atoms with E-state index in [9.17, 15) is 4.39 Å². The van der Waals surface area contributed by atoms with Crippen LogP contribution in [0, 0.1) is 5.82 Å². The van der Waals surface area contributed by atoms with E-state index in [1.807, 2.05) is 24.3 Å². The molecule has 0 saturated heterocycles. The van der Waals surface area contributed by atoms with Crippen LogP contribution in [0.4, 0.5) is 4.39 Å². The molecule has 5 heteroatoms. The Morgan fingerprint density at radius 2 is 2.05 bits per heavy atom. The van der Waals surface area contributed by atoms with Gasteiger partial charge in [-0.05, 0) is 25.2 Å². The van der Waals surface area contributed by atoms with Gasteiger partial charge in [-0.2, -0.15) is 0 Å². The largest absolute Gasteiger partial charge is 0.441 e. The van der Waals surface area contributed by atoms with Gasteiger partial charge >= 0.3 is 0 Å². The van der Waals surface area contributed by atoms with Gasteiger partial charge in [-0.25, -0.2) is 9.37 Å². The first-order valence-electron chi connectivity index (χ1n) is 6.64. The molecule has 1 N–H and O–H groups in total. The Balaban J connectivity index is 1.92. The minimum Gasteiger partial charge on any atom is -0.441 e. The normalized spacial score (nSPS) is 12.7. The second-order valence-corrected chi connectivity index (χ2v) is 5.17. The highest BCUT2D eigenvalue weighted by Crippen LogP contribution is 2.26.